The third-order valence-corrected chi connectivity index (χ3v) is 5.49. The van der Waals surface area contributed by atoms with Crippen molar-refractivity contribution in [1.82, 2.24) is 9.66 Å². The minimum Gasteiger partial charge on any atom is -0.494 e. The molecule has 3 aromatic rings. The maximum Gasteiger partial charge on any atom is 0.282 e. The van der Waals surface area contributed by atoms with Crippen molar-refractivity contribution in [3.8, 4) is 5.75 Å². The Morgan fingerprint density at radius 1 is 1.29 bits per heavy atom. The molecule has 0 fully saturated rings. The Morgan fingerprint density at radius 2 is 1.96 bits per heavy atom. The van der Waals surface area contributed by atoms with Gasteiger partial charge < -0.3 is 4.74 Å². The van der Waals surface area contributed by atoms with E-state index in [2.05, 4.69) is 26.0 Å². The first-order chi connectivity index (χ1) is 13.3. The summed E-state index contributed by atoms with van der Waals surface area (Å²) in [6.07, 6.45) is 2.36. The van der Waals surface area contributed by atoms with Gasteiger partial charge in [0.05, 0.1) is 34.3 Å². The summed E-state index contributed by atoms with van der Waals surface area (Å²) in [7, 11) is 1.50. The smallest absolute Gasteiger partial charge is 0.282 e. The first-order valence-electron chi connectivity index (χ1n) is 8.65. The van der Waals surface area contributed by atoms with Gasteiger partial charge in [-0.3, -0.25) is 4.79 Å². The summed E-state index contributed by atoms with van der Waals surface area (Å²) < 4.78 is 7.31. The van der Waals surface area contributed by atoms with Crippen LogP contribution in [0.15, 0.2) is 44.7 Å². The Balaban J connectivity index is 2.17. The van der Waals surface area contributed by atoms with Crippen molar-refractivity contribution in [2.45, 2.75) is 26.2 Å². The summed E-state index contributed by atoms with van der Waals surface area (Å²) >= 11 is 15.8. The van der Waals surface area contributed by atoms with Crippen LogP contribution >= 0.6 is 39.1 Å². The van der Waals surface area contributed by atoms with Crippen molar-refractivity contribution in [3.05, 3.63) is 66.6 Å². The summed E-state index contributed by atoms with van der Waals surface area (Å²) in [5.74, 6) is 1.06. The molecule has 0 aliphatic heterocycles. The molecule has 28 heavy (non-hydrogen) atoms. The predicted octanol–water partition coefficient (Wildman–Crippen LogP) is 5.87. The Bertz CT molecular complexity index is 1110. The van der Waals surface area contributed by atoms with Gasteiger partial charge in [-0.1, -0.05) is 53.0 Å². The molecule has 0 saturated carbocycles. The van der Waals surface area contributed by atoms with Crippen molar-refractivity contribution in [2.75, 3.05) is 7.11 Å². The Morgan fingerprint density at radius 3 is 2.57 bits per heavy atom. The van der Waals surface area contributed by atoms with Gasteiger partial charge in [0.15, 0.2) is 5.75 Å². The molecule has 0 amide bonds. The lowest BCUT2D eigenvalue weighted by atomic mass is 10.1. The van der Waals surface area contributed by atoms with Gasteiger partial charge in [0, 0.05) is 10.4 Å². The summed E-state index contributed by atoms with van der Waals surface area (Å²) in [5.41, 5.74) is 1.06. The van der Waals surface area contributed by atoms with Gasteiger partial charge in [-0.05, 0) is 42.3 Å². The van der Waals surface area contributed by atoms with Crippen LogP contribution in [0.1, 0.15) is 37.6 Å². The molecule has 5 nitrogen and oxygen atoms in total. The largest absolute Gasteiger partial charge is 0.494 e. The average molecular weight is 483 g/mol. The molecule has 0 bridgehead atoms. The number of hydrogen-bond donors (Lipinski definition) is 0. The van der Waals surface area contributed by atoms with Crippen LogP contribution in [0.2, 0.25) is 10.0 Å². The van der Waals surface area contributed by atoms with Crippen LogP contribution in [0.4, 0.5) is 0 Å². The monoisotopic (exact) mass is 481 g/mol. The molecule has 0 unspecified atom stereocenters. The van der Waals surface area contributed by atoms with Crippen LogP contribution in [0.25, 0.3) is 10.9 Å². The first kappa shape index (κ1) is 20.8. The molecule has 2 aromatic carbocycles. The van der Waals surface area contributed by atoms with Crippen LogP contribution in [0, 0.1) is 0 Å². The third kappa shape index (κ3) is 4.09. The van der Waals surface area contributed by atoms with Gasteiger partial charge in [0.25, 0.3) is 5.56 Å². The molecular weight excluding hydrogens is 465 g/mol. The van der Waals surface area contributed by atoms with Crippen LogP contribution in [0.5, 0.6) is 5.75 Å². The van der Waals surface area contributed by atoms with Crippen LogP contribution in [0.3, 0.4) is 0 Å². The maximum absolute atomic E-state index is 13.1. The summed E-state index contributed by atoms with van der Waals surface area (Å²) in [5, 5.41) is 5.63. The Kier molecular flexibility index (Phi) is 6.43. The molecule has 0 radical (unpaired) electrons. The zero-order chi connectivity index (χ0) is 20.4. The van der Waals surface area contributed by atoms with Crippen molar-refractivity contribution < 1.29 is 4.74 Å². The summed E-state index contributed by atoms with van der Waals surface area (Å²) in [6.45, 7) is 4.05. The number of ether oxygens (including phenoxy) is 1. The van der Waals surface area contributed by atoms with E-state index < -0.39 is 0 Å². The van der Waals surface area contributed by atoms with Crippen LogP contribution in [-0.4, -0.2) is 23.0 Å². The van der Waals surface area contributed by atoms with Gasteiger partial charge in [0.1, 0.15) is 5.82 Å². The lowest BCUT2D eigenvalue weighted by Gasteiger charge is -2.14. The molecule has 8 heteroatoms. The molecule has 0 aliphatic carbocycles. The first-order valence-corrected chi connectivity index (χ1v) is 10.2. The van der Waals surface area contributed by atoms with E-state index in [1.165, 1.54) is 18.0 Å². The van der Waals surface area contributed by atoms with Crippen molar-refractivity contribution in [3.63, 3.8) is 0 Å². The number of rotatable bonds is 5. The normalized spacial score (nSPS) is 12.6. The number of methoxy groups -OCH3 is 1. The SMILES string of the molecule is CC[C@H](C)c1nc2ccc(Br)cc2c(=O)n1N=Cc1cc(Cl)c(OC)c(Cl)c1. The highest BCUT2D eigenvalue weighted by Crippen LogP contribution is 2.33. The van der Waals surface area contributed by atoms with Crippen LogP contribution < -0.4 is 10.3 Å². The van der Waals surface area contributed by atoms with Gasteiger partial charge in [-0.25, -0.2) is 4.98 Å². The minimum absolute atomic E-state index is 0.0564. The zero-order valence-electron chi connectivity index (χ0n) is 15.5. The highest BCUT2D eigenvalue weighted by Gasteiger charge is 2.16. The standard InChI is InChI=1S/C20H18BrCl2N3O2/c1-4-11(2)19-25-17-6-5-13(21)9-14(17)20(27)26(19)24-10-12-7-15(22)18(28-3)16(23)8-12/h5-11H,4H2,1-3H3/t11-/m0/s1. The lowest BCUT2D eigenvalue weighted by molar-refractivity contribution is 0.415. The number of aromatic nitrogens is 2. The van der Waals surface area contributed by atoms with E-state index in [0.717, 1.165) is 10.9 Å². The second-order valence-electron chi connectivity index (χ2n) is 6.32. The van der Waals surface area contributed by atoms with Crippen LogP contribution in [-0.2, 0) is 0 Å². The Labute approximate surface area is 181 Å². The van der Waals surface area contributed by atoms with Gasteiger partial charge in [-0.15, -0.1) is 0 Å². The molecule has 0 spiro atoms. The van der Waals surface area contributed by atoms with E-state index in [-0.39, 0.29) is 11.5 Å². The fourth-order valence-electron chi connectivity index (χ4n) is 2.75. The van der Waals surface area contributed by atoms with E-state index in [1.54, 1.807) is 18.2 Å². The molecule has 146 valence electrons. The molecule has 3 rings (SSSR count). The number of fused-ring (bicyclic) bond motifs is 1. The molecule has 1 atom stereocenters. The predicted molar refractivity (Wildman–Crippen MR) is 118 cm³/mol. The van der Waals surface area contributed by atoms with E-state index in [4.69, 9.17) is 27.9 Å². The fraction of sp³-hybridized carbons (Fsp3) is 0.250. The molecule has 0 aliphatic rings. The fourth-order valence-corrected chi connectivity index (χ4v) is 3.77. The molecule has 1 aromatic heterocycles. The second kappa shape index (κ2) is 8.64. The molecule has 0 saturated heterocycles. The zero-order valence-corrected chi connectivity index (χ0v) is 18.6. The molecular formula is C20H18BrCl2N3O2. The van der Waals surface area contributed by atoms with E-state index in [9.17, 15) is 4.79 Å². The third-order valence-electron chi connectivity index (χ3n) is 4.43. The maximum atomic E-state index is 13.1. The highest BCUT2D eigenvalue weighted by atomic mass is 79.9. The minimum atomic E-state index is -0.233. The number of hydrogen-bond acceptors (Lipinski definition) is 4. The van der Waals surface area contributed by atoms with Gasteiger partial charge in [0.2, 0.25) is 0 Å². The topological polar surface area (TPSA) is 56.5 Å². The molecule has 0 N–H and O–H groups in total. The van der Waals surface area contributed by atoms with Crippen molar-refractivity contribution in [1.29, 1.82) is 0 Å². The average Bonchev–Trinajstić information content (AvgIpc) is 2.66. The number of nitrogens with zero attached hydrogens (tertiary/aromatic N) is 3. The van der Waals surface area contributed by atoms with E-state index >= 15 is 0 Å². The van der Waals surface area contributed by atoms with E-state index in [1.807, 2.05) is 26.0 Å². The number of halogens is 3. The van der Waals surface area contributed by atoms with E-state index in [0.29, 0.717) is 38.1 Å². The van der Waals surface area contributed by atoms with Gasteiger partial charge in [-0.2, -0.15) is 9.78 Å². The summed E-state index contributed by atoms with van der Waals surface area (Å²) in [4.78, 5) is 17.8. The number of benzene rings is 2. The van der Waals surface area contributed by atoms with Crippen molar-refractivity contribution in [2.24, 2.45) is 5.10 Å². The van der Waals surface area contributed by atoms with Crippen molar-refractivity contribution >= 4 is 56.2 Å². The highest BCUT2D eigenvalue weighted by molar-refractivity contribution is 9.10. The van der Waals surface area contributed by atoms with Gasteiger partial charge >= 0.3 is 0 Å². The lowest BCUT2D eigenvalue weighted by Crippen LogP contribution is -2.23. The second-order valence-corrected chi connectivity index (χ2v) is 8.05. The summed E-state index contributed by atoms with van der Waals surface area (Å²) in [6, 6.07) is 8.79. The quantitative estimate of drug-likeness (QED) is 0.427. The molecule has 1 heterocycles. The Hall–Kier alpha value is -1.89.